The minimum absolute atomic E-state index is 0.0641. The van der Waals surface area contributed by atoms with Crippen LogP contribution in [-0.2, 0) is 0 Å². The van der Waals surface area contributed by atoms with Crippen molar-refractivity contribution in [2.75, 3.05) is 0 Å². The highest BCUT2D eigenvalue weighted by Crippen LogP contribution is 2.41. The molecule has 31 heavy (non-hydrogen) atoms. The Morgan fingerprint density at radius 3 is 2.26 bits per heavy atom. The third-order valence-electron chi connectivity index (χ3n) is 5.84. The molecule has 0 bridgehead atoms. The van der Waals surface area contributed by atoms with Crippen LogP contribution in [0.2, 0.25) is 0 Å². The fraction of sp³-hybridized carbons (Fsp3) is 0.192. The molecule has 0 aliphatic heterocycles. The van der Waals surface area contributed by atoms with Gasteiger partial charge in [-0.05, 0) is 49.4 Å². The van der Waals surface area contributed by atoms with Crippen molar-refractivity contribution in [3.63, 3.8) is 0 Å². The lowest BCUT2D eigenvalue weighted by Gasteiger charge is -2.20. The van der Waals surface area contributed by atoms with E-state index in [1.807, 2.05) is 36.4 Å². The first-order valence-electron chi connectivity index (χ1n) is 10.6. The molecule has 5 heteroatoms. The van der Waals surface area contributed by atoms with Crippen LogP contribution in [0.15, 0.2) is 83.7 Å². The van der Waals surface area contributed by atoms with Gasteiger partial charge in [0.2, 0.25) is 0 Å². The monoisotopic (exact) mass is 409 g/mol. The van der Waals surface area contributed by atoms with Gasteiger partial charge in [0, 0.05) is 5.39 Å². The molecular weight excluding hydrogens is 386 g/mol. The first-order chi connectivity index (χ1) is 15.1. The van der Waals surface area contributed by atoms with E-state index >= 15 is 0 Å². The Bertz CT molecular complexity index is 1310. The molecule has 0 saturated heterocycles. The molecule has 5 rings (SSSR count). The Hall–Kier alpha value is -3.73. The third-order valence-corrected chi connectivity index (χ3v) is 5.84. The van der Waals surface area contributed by atoms with Crippen LogP contribution in [0.1, 0.15) is 40.5 Å². The van der Waals surface area contributed by atoms with Crippen molar-refractivity contribution in [3.05, 3.63) is 106 Å². The van der Waals surface area contributed by atoms with E-state index in [1.165, 1.54) is 10.2 Å². The summed E-state index contributed by atoms with van der Waals surface area (Å²) in [5.41, 5.74) is 2.94. The van der Waals surface area contributed by atoms with Gasteiger partial charge < -0.3 is 5.32 Å². The predicted octanol–water partition coefficient (Wildman–Crippen LogP) is 4.58. The number of aromatic nitrogens is 2. The Morgan fingerprint density at radius 1 is 0.935 bits per heavy atom. The van der Waals surface area contributed by atoms with Gasteiger partial charge in [0.15, 0.2) is 5.69 Å². The molecule has 154 valence electrons. The molecule has 5 nitrogen and oxygen atoms in total. The Balaban J connectivity index is 1.59. The van der Waals surface area contributed by atoms with Gasteiger partial charge in [0.1, 0.15) is 0 Å². The van der Waals surface area contributed by atoms with Gasteiger partial charge in [-0.15, -0.1) is 0 Å². The zero-order valence-corrected chi connectivity index (χ0v) is 17.3. The molecule has 1 N–H and O–H groups in total. The second kappa shape index (κ2) is 7.84. The summed E-state index contributed by atoms with van der Waals surface area (Å²) in [4.78, 5) is 26.5. The lowest BCUT2D eigenvalue weighted by atomic mass is 10.0. The van der Waals surface area contributed by atoms with Gasteiger partial charge in [-0.25, -0.2) is 0 Å². The average molecular weight is 409 g/mol. The van der Waals surface area contributed by atoms with E-state index in [9.17, 15) is 9.59 Å². The summed E-state index contributed by atoms with van der Waals surface area (Å²) in [5.74, 6) is 0.163. The first kappa shape index (κ1) is 19.2. The highest BCUT2D eigenvalue weighted by Gasteiger charge is 2.34. The summed E-state index contributed by atoms with van der Waals surface area (Å²) in [6.45, 7) is 2.05. The van der Waals surface area contributed by atoms with Crippen LogP contribution in [0, 0.1) is 12.8 Å². The molecule has 1 aliphatic carbocycles. The van der Waals surface area contributed by atoms with Crippen LogP contribution in [0.3, 0.4) is 0 Å². The highest BCUT2D eigenvalue weighted by molar-refractivity contribution is 6.05. The fourth-order valence-corrected chi connectivity index (χ4v) is 3.99. The maximum Gasteiger partial charge on any atom is 0.279 e. The molecule has 1 unspecified atom stereocenters. The zero-order valence-electron chi connectivity index (χ0n) is 17.3. The Morgan fingerprint density at radius 2 is 1.58 bits per heavy atom. The minimum atomic E-state index is -0.265. The summed E-state index contributed by atoms with van der Waals surface area (Å²) < 4.78 is 1.31. The Kier molecular flexibility index (Phi) is 4.86. The van der Waals surface area contributed by atoms with Crippen LogP contribution in [0.4, 0.5) is 0 Å². The van der Waals surface area contributed by atoms with Gasteiger partial charge in [-0.3, -0.25) is 9.59 Å². The van der Waals surface area contributed by atoms with Crippen molar-refractivity contribution in [2.45, 2.75) is 25.8 Å². The van der Waals surface area contributed by atoms with E-state index in [4.69, 9.17) is 0 Å². The summed E-state index contributed by atoms with van der Waals surface area (Å²) in [7, 11) is 0. The summed E-state index contributed by atoms with van der Waals surface area (Å²) in [6, 6.07) is 24.6. The van der Waals surface area contributed by atoms with Gasteiger partial charge in [0.25, 0.3) is 11.5 Å². The topological polar surface area (TPSA) is 64.0 Å². The highest BCUT2D eigenvalue weighted by atomic mass is 16.2. The second-order valence-electron chi connectivity index (χ2n) is 8.15. The van der Waals surface area contributed by atoms with Crippen LogP contribution in [-0.4, -0.2) is 15.7 Å². The normalized spacial score (nSPS) is 14.4. The van der Waals surface area contributed by atoms with Crippen molar-refractivity contribution >= 4 is 16.7 Å². The minimum Gasteiger partial charge on any atom is -0.344 e. The van der Waals surface area contributed by atoms with E-state index in [2.05, 4.69) is 41.6 Å². The number of carbonyl (C=O) groups is 1. The van der Waals surface area contributed by atoms with E-state index in [0.29, 0.717) is 22.4 Å². The van der Waals surface area contributed by atoms with Crippen molar-refractivity contribution in [1.29, 1.82) is 0 Å². The number of rotatable bonds is 5. The van der Waals surface area contributed by atoms with Crippen molar-refractivity contribution in [1.82, 2.24) is 15.1 Å². The van der Waals surface area contributed by atoms with Gasteiger partial charge in [-0.2, -0.15) is 9.78 Å². The van der Waals surface area contributed by atoms with E-state index in [1.54, 1.807) is 18.2 Å². The van der Waals surface area contributed by atoms with Crippen LogP contribution in [0.5, 0.6) is 0 Å². The van der Waals surface area contributed by atoms with Crippen LogP contribution < -0.4 is 10.9 Å². The lowest BCUT2D eigenvalue weighted by Crippen LogP contribution is -2.33. The number of amides is 1. The molecule has 1 aliphatic rings. The predicted molar refractivity (Wildman–Crippen MR) is 121 cm³/mol. The van der Waals surface area contributed by atoms with Crippen LogP contribution in [0.25, 0.3) is 16.5 Å². The summed E-state index contributed by atoms with van der Waals surface area (Å²) in [6.07, 6.45) is 2.19. The number of para-hydroxylation sites is 1. The number of hydrogen-bond donors (Lipinski definition) is 1. The smallest absolute Gasteiger partial charge is 0.279 e. The number of fused-ring (bicyclic) bond motifs is 1. The third kappa shape index (κ3) is 3.75. The first-order valence-corrected chi connectivity index (χ1v) is 10.6. The average Bonchev–Trinajstić information content (AvgIpc) is 3.64. The van der Waals surface area contributed by atoms with Crippen molar-refractivity contribution in [3.8, 4) is 5.69 Å². The number of nitrogens with zero attached hydrogens (tertiary/aromatic N) is 2. The standard InChI is InChI=1S/C26H23N3O2/c1-17-11-13-18(14-12-17)23(19-15-16-19)27-25(30)24-21-9-5-6-10-22(21)26(31)29(28-24)20-7-3-2-4-8-20/h2-14,19,23H,15-16H2,1H3,(H,27,30). The largest absolute Gasteiger partial charge is 0.344 e. The van der Waals surface area contributed by atoms with Crippen molar-refractivity contribution in [2.24, 2.45) is 5.92 Å². The molecule has 1 saturated carbocycles. The number of nitrogens with one attached hydrogen (secondary N) is 1. The number of benzene rings is 3. The Labute approximate surface area is 180 Å². The second-order valence-corrected chi connectivity index (χ2v) is 8.15. The van der Waals surface area contributed by atoms with Gasteiger partial charge in [-0.1, -0.05) is 66.2 Å². The molecule has 1 atom stereocenters. The molecule has 1 aromatic heterocycles. The van der Waals surface area contributed by atoms with Gasteiger partial charge >= 0.3 is 0 Å². The van der Waals surface area contributed by atoms with E-state index in [-0.39, 0.29) is 23.2 Å². The molecule has 4 aromatic rings. The maximum absolute atomic E-state index is 13.4. The van der Waals surface area contributed by atoms with Gasteiger partial charge in [0.05, 0.1) is 17.1 Å². The summed E-state index contributed by atoms with van der Waals surface area (Å²) >= 11 is 0. The SMILES string of the molecule is Cc1ccc(C(NC(=O)c2nn(-c3ccccc3)c(=O)c3ccccc23)C2CC2)cc1. The summed E-state index contributed by atoms with van der Waals surface area (Å²) in [5, 5.41) is 8.75. The maximum atomic E-state index is 13.4. The number of carbonyl (C=O) groups excluding carboxylic acids is 1. The van der Waals surface area contributed by atoms with Crippen LogP contribution >= 0.6 is 0 Å². The fourth-order valence-electron chi connectivity index (χ4n) is 3.99. The molecule has 1 fully saturated rings. The van der Waals surface area contributed by atoms with Crippen molar-refractivity contribution < 1.29 is 4.79 Å². The quantitative estimate of drug-likeness (QED) is 0.525. The zero-order chi connectivity index (χ0) is 21.4. The molecule has 1 heterocycles. The molecule has 1 amide bonds. The van der Waals surface area contributed by atoms with E-state index < -0.39 is 0 Å². The lowest BCUT2D eigenvalue weighted by molar-refractivity contribution is 0.0927. The number of aryl methyl sites for hydroxylation is 1. The van der Waals surface area contributed by atoms with E-state index in [0.717, 1.165) is 18.4 Å². The molecule has 0 spiro atoms. The molecular formula is C26H23N3O2. The molecule has 0 radical (unpaired) electrons. The number of hydrogen-bond acceptors (Lipinski definition) is 3. The molecule has 3 aromatic carbocycles.